The number of carbonyl (C=O) groups excluding carboxylic acids is 2. The van der Waals surface area contributed by atoms with E-state index < -0.39 is 12.1 Å². The van der Waals surface area contributed by atoms with Gasteiger partial charge in [-0.15, -0.1) is 0 Å². The molecule has 4 aromatic rings. The van der Waals surface area contributed by atoms with E-state index in [1.807, 2.05) is 91.9 Å². The van der Waals surface area contributed by atoms with Gasteiger partial charge in [0.1, 0.15) is 6.04 Å². The summed E-state index contributed by atoms with van der Waals surface area (Å²) in [5.74, 6) is -0.353. The maximum Gasteiger partial charge on any atom is 0.332 e. The van der Waals surface area contributed by atoms with Crippen LogP contribution in [0.2, 0.25) is 0 Å². The van der Waals surface area contributed by atoms with Gasteiger partial charge in [-0.3, -0.25) is 9.10 Å². The summed E-state index contributed by atoms with van der Waals surface area (Å²) in [6.07, 6.45) is 0. The van der Waals surface area contributed by atoms with Gasteiger partial charge in [0.05, 0.1) is 5.69 Å². The van der Waals surface area contributed by atoms with Crippen LogP contribution in [-0.4, -0.2) is 16.2 Å². The monoisotopic (exact) mass is 441 g/mol. The van der Waals surface area contributed by atoms with E-state index in [0.29, 0.717) is 16.9 Å². The second-order valence-electron chi connectivity index (χ2n) is 7.42. The molecule has 0 aliphatic rings. The molecule has 4 rings (SSSR count). The average Bonchev–Trinajstić information content (AvgIpc) is 2.81. The van der Waals surface area contributed by atoms with Gasteiger partial charge in [-0.05, 0) is 35.6 Å². The summed E-state index contributed by atoms with van der Waals surface area (Å²) in [6.45, 7) is 1.92. The molecule has 6 heteroatoms. The number of aryl methyl sites for hydroxylation is 1. The summed E-state index contributed by atoms with van der Waals surface area (Å²) in [4.78, 5) is 26.4. The highest BCUT2D eigenvalue weighted by molar-refractivity contribution is 7.78. The van der Waals surface area contributed by atoms with Crippen LogP contribution in [0.3, 0.4) is 0 Å². The lowest BCUT2D eigenvalue weighted by atomic mass is 10.1. The molecular weight excluding hydrogens is 418 g/mol. The Bertz CT molecular complexity index is 1250. The third kappa shape index (κ3) is 4.60. The second kappa shape index (κ2) is 9.58. The number of hydrogen-bond acceptors (Lipinski definition) is 3. The van der Waals surface area contributed by atoms with E-state index in [-0.39, 0.29) is 5.91 Å². The molecule has 160 valence electrons. The molecule has 5 nitrogen and oxygen atoms in total. The summed E-state index contributed by atoms with van der Waals surface area (Å²) in [5, 5.41) is 7.74. The van der Waals surface area contributed by atoms with Gasteiger partial charge in [-0.2, -0.15) is 0 Å². The van der Waals surface area contributed by atoms with E-state index >= 15 is 0 Å². The quantitative estimate of drug-likeness (QED) is 0.323. The van der Waals surface area contributed by atoms with Crippen LogP contribution in [0.25, 0.3) is 10.8 Å². The molecule has 0 saturated carbocycles. The van der Waals surface area contributed by atoms with Crippen molar-refractivity contribution in [3.05, 3.63) is 108 Å². The summed E-state index contributed by atoms with van der Waals surface area (Å²) in [6, 6.07) is 28.6. The average molecular weight is 442 g/mol. The number of thiol groups is 1. The molecule has 0 bridgehead atoms. The standard InChI is InChI=1S/C26H23N3O2S/c1-18-10-5-8-16-22(18)27-25(30)24(20-12-3-2-4-13-20)29(32)26(31)28-23-17-9-14-19-11-6-7-15-21(19)23/h2-17,24,32H,1H3,(H,27,30)(H,28,31). The largest absolute Gasteiger partial charge is 0.332 e. The first-order valence-corrected chi connectivity index (χ1v) is 10.6. The molecule has 0 saturated heterocycles. The number of fused-ring (bicyclic) bond motifs is 1. The maximum absolute atomic E-state index is 13.3. The van der Waals surface area contributed by atoms with Gasteiger partial charge in [0.2, 0.25) is 0 Å². The number of hydrogen-bond donors (Lipinski definition) is 3. The van der Waals surface area contributed by atoms with Crippen molar-refractivity contribution >= 4 is 46.9 Å². The molecule has 1 atom stereocenters. The van der Waals surface area contributed by atoms with Gasteiger partial charge >= 0.3 is 6.03 Å². The van der Waals surface area contributed by atoms with Crippen LogP contribution in [-0.2, 0) is 4.79 Å². The maximum atomic E-state index is 13.3. The molecule has 0 spiro atoms. The Balaban J connectivity index is 1.62. The van der Waals surface area contributed by atoms with E-state index in [0.717, 1.165) is 20.6 Å². The number of amides is 3. The molecule has 0 radical (unpaired) electrons. The van der Waals surface area contributed by atoms with Crippen molar-refractivity contribution in [1.82, 2.24) is 4.31 Å². The number of nitrogens with zero attached hydrogens (tertiary/aromatic N) is 1. The van der Waals surface area contributed by atoms with Crippen LogP contribution in [0.15, 0.2) is 97.1 Å². The molecule has 0 fully saturated rings. The first kappa shape index (κ1) is 21.5. The molecule has 0 aliphatic carbocycles. The van der Waals surface area contributed by atoms with Crippen molar-refractivity contribution in [3.63, 3.8) is 0 Å². The van der Waals surface area contributed by atoms with Gasteiger partial charge < -0.3 is 10.6 Å². The predicted octanol–water partition coefficient (Wildman–Crippen LogP) is 6.21. The summed E-state index contributed by atoms with van der Waals surface area (Å²) < 4.78 is 1.13. The van der Waals surface area contributed by atoms with Crippen LogP contribution in [0.1, 0.15) is 17.2 Å². The zero-order valence-corrected chi connectivity index (χ0v) is 18.4. The van der Waals surface area contributed by atoms with E-state index in [4.69, 9.17) is 0 Å². The van der Waals surface area contributed by atoms with Gasteiger partial charge in [-0.1, -0.05) is 97.7 Å². The fraction of sp³-hybridized carbons (Fsp3) is 0.0769. The fourth-order valence-electron chi connectivity index (χ4n) is 3.58. The zero-order valence-electron chi connectivity index (χ0n) is 17.5. The van der Waals surface area contributed by atoms with Crippen LogP contribution in [0.4, 0.5) is 16.2 Å². The number of rotatable bonds is 5. The Labute approximate surface area is 192 Å². The first-order valence-electron chi connectivity index (χ1n) is 10.2. The van der Waals surface area contributed by atoms with Crippen LogP contribution in [0.5, 0.6) is 0 Å². The van der Waals surface area contributed by atoms with Gasteiger partial charge in [0, 0.05) is 11.1 Å². The van der Waals surface area contributed by atoms with Crippen molar-refractivity contribution in [3.8, 4) is 0 Å². The highest BCUT2D eigenvalue weighted by atomic mass is 32.1. The van der Waals surface area contributed by atoms with Crippen molar-refractivity contribution in [2.45, 2.75) is 13.0 Å². The number of benzene rings is 4. The van der Waals surface area contributed by atoms with Crippen molar-refractivity contribution in [1.29, 1.82) is 0 Å². The Morgan fingerprint density at radius 1 is 0.750 bits per heavy atom. The summed E-state index contributed by atoms with van der Waals surface area (Å²) in [7, 11) is 0. The third-order valence-corrected chi connectivity index (χ3v) is 5.66. The SMILES string of the molecule is Cc1ccccc1NC(=O)C(c1ccccc1)N(S)C(=O)Nc1cccc2ccccc12. The normalized spacial score (nSPS) is 11.6. The predicted molar refractivity (Wildman–Crippen MR) is 133 cm³/mol. The molecule has 4 aromatic carbocycles. The Morgan fingerprint density at radius 3 is 2.16 bits per heavy atom. The van der Waals surface area contributed by atoms with Crippen LogP contribution >= 0.6 is 12.8 Å². The highest BCUT2D eigenvalue weighted by Gasteiger charge is 2.30. The van der Waals surface area contributed by atoms with E-state index in [1.165, 1.54) is 0 Å². The molecule has 2 N–H and O–H groups in total. The number of para-hydroxylation sites is 1. The smallest absolute Gasteiger partial charge is 0.324 e. The van der Waals surface area contributed by atoms with Crippen LogP contribution < -0.4 is 10.6 Å². The van der Waals surface area contributed by atoms with Crippen molar-refractivity contribution in [2.24, 2.45) is 0 Å². The second-order valence-corrected chi connectivity index (χ2v) is 7.85. The zero-order chi connectivity index (χ0) is 22.5. The van der Waals surface area contributed by atoms with E-state index in [2.05, 4.69) is 23.4 Å². The Hall–Kier alpha value is -3.77. The number of carbonyl (C=O) groups is 2. The van der Waals surface area contributed by atoms with Crippen molar-refractivity contribution < 1.29 is 9.59 Å². The topological polar surface area (TPSA) is 61.4 Å². The molecule has 1 unspecified atom stereocenters. The van der Waals surface area contributed by atoms with Crippen LogP contribution in [0, 0.1) is 6.92 Å². The lowest BCUT2D eigenvalue weighted by Gasteiger charge is -2.27. The Morgan fingerprint density at radius 2 is 1.38 bits per heavy atom. The summed E-state index contributed by atoms with van der Waals surface area (Å²) >= 11 is 4.45. The van der Waals surface area contributed by atoms with Gasteiger partial charge in [-0.25, -0.2) is 4.79 Å². The molecule has 0 aromatic heterocycles. The minimum Gasteiger partial charge on any atom is -0.324 e. The summed E-state index contributed by atoms with van der Waals surface area (Å²) in [5.41, 5.74) is 2.92. The minimum atomic E-state index is -0.936. The number of urea groups is 1. The lowest BCUT2D eigenvalue weighted by molar-refractivity contribution is -0.119. The van der Waals surface area contributed by atoms with Crippen molar-refractivity contribution in [2.75, 3.05) is 10.6 Å². The van der Waals surface area contributed by atoms with E-state index in [1.54, 1.807) is 12.1 Å². The molecule has 0 heterocycles. The number of anilines is 2. The first-order chi connectivity index (χ1) is 15.5. The Kier molecular flexibility index (Phi) is 6.42. The molecule has 0 aliphatic heterocycles. The van der Waals surface area contributed by atoms with E-state index in [9.17, 15) is 9.59 Å². The molecule has 3 amide bonds. The fourth-order valence-corrected chi connectivity index (χ4v) is 3.87. The molecular formula is C26H23N3O2S. The number of nitrogens with one attached hydrogen (secondary N) is 2. The molecule has 32 heavy (non-hydrogen) atoms. The minimum absolute atomic E-state index is 0.353. The lowest BCUT2D eigenvalue weighted by Crippen LogP contribution is -2.38. The van der Waals surface area contributed by atoms with Gasteiger partial charge in [0.25, 0.3) is 5.91 Å². The highest BCUT2D eigenvalue weighted by Crippen LogP contribution is 2.28. The van der Waals surface area contributed by atoms with Gasteiger partial charge in [0.15, 0.2) is 0 Å². The third-order valence-electron chi connectivity index (χ3n) is 5.25.